The summed E-state index contributed by atoms with van der Waals surface area (Å²) in [5.74, 6) is -2.95. The van der Waals surface area contributed by atoms with Crippen molar-refractivity contribution in [1.82, 2.24) is 19.1 Å². The molecule has 2 aliphatic rings. The number of Topliss-reactive ketones (excluding diaryl/α,β-unsaturated/α-hetero) is 1. The number of hydrogen-bond donors (Lipinski definition) is 3. The number of rotatable bonds is 11. The number of aliphatic carboxylic acids is 1. The Bertz CT molecular complexity index is 1930. The summed E-state index contributed by atoms with van der Waals surface area (Å²) in [4.78, 5) is 54.1. The number of guanidine groups is 1. The number of fused-ring (bicyclic) bond motifs is 2. The van der Waals surface area contributed by atoms with Crippen molar-refractivity contribution >= 4 is 91.8 Å². The van der Waals surface area contributed by atoms with Crippen molar-refractivity contribution in [3.05, 3.63) is 62.3 Å². The van der Waals surface area contributed by atoms with Crippen molar-refractivity contribution in [3.8, 4) is 0 Å². The van der Waals surface area contributed by atoms with Crippen LogP contribution in [-0.2, 0) is 32.3 Å². The predicted octanol–water partition coefficient (Wildman–Crippen LogP) is 0.280. The van der Waals surface area contributed by atoms with Gasteiger partial charge in [-0.05, 0) is 11.6 Å². The molecular weight excluding hydrogens is 664 g/mol. The van der Waals surface area contributed by atoms with Crippen molar-refractivity contribution in [2.75, 3.05) is 18.6 Å². The van der Waals surface area contributed by atoms with Crippen LogP contribution in [0.2, 0.25) is 4.34 Å². The Kier molecular flexibility index (Phi) is 8.29. The fraction of sp³-hybridized carbons (Fsp3) is 0.269. The molecule has 1 amide bonds. The summed E-state index contributed by atoms with van der Waals surface area (Å²) in [5, 5.41) is 17.6. The van der Waals surface area contributed by atoms with E-state index in [-0.39, 0.29) is 45.5 Å². The van der Waals surface area contributed by atoms with E-state index in [1.807, 2.05) is 49.9 Å². The minimum Gasteiger partial charge on any atom is -0.543 e. The maximum Gasteiger partial charge on any atom is 0.307 e. The van der Waals surface area contributed by atoms with E-state index in [1.54, 1.807) is 0 Å². The molecule has 6 heterocycles. The van der Waals surface area contributed by atoms with Gasteiger partial charge in [-0.1, -0.05) is 28.1 Å². The number of carbonyl (C=O) groups excluding carboxylic acids is 3. The van der Waals surface area contributed by atoms with Crippen LogP contribution in [0.4, 0.5) is 10.8 Å². The number of aromatic nitrogens is 4. The summed E-state index contributed by atoms with van der Waals surface area (Å²) in [6.45, 7) is 0.785. The molecule has 1 fully saturated rings. The van der Waals surface area contributed by atoms with Gasteiger partial charge in [-0.25, -0.2) is 19.2 Å². The highest BCUT2D eigenvalue weighted by Crippen LogP contribution is 2.45. The van der Waals surface area contributed by atoms with Crippen LogP contribution in [0.1, 0.15) is 17.0 Å². The molecule has 19 heteroatoms. The summed E-state index contributed by atoms with van der Waals surface area (Å²) in [5.41, 5.74) is 18.5. The third-order valence-electron chi connectivity index (χ3n) is 7.20. The van der Waals surface area contributed by atoms with Crippen molar-refractivity contribution < 1.29 is 28.9 Å². The van der Waals surface area contributed by atoms with Crippen LogP contribution >= 0.6 is 46.0 Å². The van der Waals surface area contributed by atoms with Crippen molar-refractivity contribution in [2.24, 2.45) is 27.5 Å². The number of carbonyl (C=O) groups is 3. The van der Waals surface area contributed by atoms with Crippen LogP contribution in [0.3, 0.4) is 0 Å². The molecule has 45 heavy (non-hydrogen) atoms. The van der Waals surface area contributed by atoms with Crippen LogP contribution in [-0.4, -0.2) is 66.6 Å². The monoisotopic (exact) mass is 688 g/mol. The smallest absolute Gasteiger partial charge is 0.307 e. The van der Waals surface area contributed by atoms with Gasteiger partial charge in [0, 0.05) is 22.4 Å². The highest BCUT2D eigenvalue weighted by atomic mass is 35.5. The number of halogens is 1. The Labute approximate surface area is 272 Å². The molecule has 6 rings (SSSR count). The second kappa shape index (κ2) is 12.2. The van der Waals surface area contributed by atoms with Crippen molar-refractivity contribution in [1.29, 1.82) is 0 Å². The molecule has 0 spiro atoms. The number of nitrogens with two attached hydrogens (primary N) is 3. The van der Waals surface area contributed by atoms with Gasteiger partial charge < -0.3 is 31.9 Å². The minimum absolute atomic E-state index is 0.00891. The molecule has 234 valence electrons. The molecule has 0 unspecified atom stereocenters. The fourth-order valence-corrected chi connectivity index (χ4v) is 8.46. The topological polar surface area (TPSA) is 216 Å². The maximum absolute atomic E-state index is 13.3. The van der Waals surface area contributed by atoms with Gasteiger partial charge in [-0.2, -0.15) is 0 Å². The van der Waals surface area contributed by atoms with E-state index in [4.69, 9.17) is 33.6 Å². The number of nitrogen functional groups attached to an aromatic ring is 1. The summed E-state index contributed by atoms with van der Waals surface area (Å²) in [6.07, 6.45) is 5.39. The number of β-lactam (4-membered cyclic amide) rings is 1. The summed E-state index contributed by atoms with van der Waals surface area (Å²) in [7, 11) is 1.27. The first kappa shape index (κ1) is 30.6. The Morgan fingerprint density at radius 3 is 2.80 bits per heavy atom. The second-order valence-electron chi connectivity index (χ2n) is 10.0. The van der Waals surface area contributed by atoms with E-state index in [9.17, 15) is 19.5 Å². The number of ketones is 1. The van der Waals surface area contributed by atoms with E-state index in [2.05, 4.69) is 15.1 Å². The standard InChI is InChI=1S/C26H25ClN10O5S3/c1-42-33-18(19-21(27)45-26(30)32-19)16(38)7-15-22(39)37-20(24(40)41)12(10-44-23(15)37)8-35-3-2-17-34(4-5-36(17)35)9-14-6-13(11-43-14)31-25(28)29/h2-6,11,15,23H,7-10H2,1H3,(H6-,28,29,30,31,32,40,41)/b33-18+/t15-,23-/m1/s1. The Hall–Kier alpha value is -4.39. The summed E-state index contributed by atoms with van der Waals surface area (Å²) >= 11 is 10.1. The molecule has 0 saturated carbocycles. The quantitative estimate of drug-likeness (QED) is 0.0643. The van der Waals surface area contributed by atoms with Crippen molar-refractivity contribution in [2.45, 2.75) is 24.9 Å². The number of oxime groups is 1. The number of thiophene rings is 1. The van der Waals surface area contributed by atoms with Gasteiger partial charge in [0.05, 0.1) is 47.5 Å². The van der Waals surface area contributed by atoms with Crippen molar-refractivity contribution in [3.63, 3.8) is 0 Å². The third kappa shape index (κ3) is 5.76. The summed E-state index contributed by atoms with van der Waals surface area (Å²) < 4.78 is 5.95. The van der Waals surface area contributed by atoms with Crippen LogP contribution in [0.25, 0.3) is 5.65 Å². The lowest BCUT2D eigenvalue weighted by Crippen LogP contribution is -2.63. The average molecular weight is 689 g/mol. The SMILES string of the molecule is CO/N=C(\C(=O)C[C@@H]1C(=O)N2C(C(=O)[O-])=C(Cn3ccc4n3cc[n+]4Cc3cc(N=C(N)N)cs3)CS[C@H]12)c1nc(N)sc1Cl. The number of thioether (sulfide) groups is 1. The van der Waals surface area contributed by atoms with Crippen LogP contribution in [0, 0.1) is 5.92 Å². The number of aliphatic imine (C=N–C) groups is 1. The molecule has 2 atom stereocenters. The van der Waals surface area contributed by atoms with Gasteiger partial charge in [0.25, 0.3) is 0 Å². The van der Waals surface area contributed by atoms with Gasteiger partial charge >= 0.3 is 5.65 Å². The first-order valence-electron chi connectivity index (χ1n) is 13.2. The Balaban J connectivity index is 1.19. The zero-order valence-corrected chi connectivity index (χ0v) is 26.7. The lowest BCUT2D eigenvalue weighted by molar-refractivity contribution is -0.661. The Morgan fingerprint density at radius 1 is 1.31 bits per heavy atom. The largest absolute Gasteiger partial charge is 0.543 e. The predicted molar refractivity (Wildman–Crippen MR) is 168 cm³/mol. The first-order chi connectivity index (χ1) is 21.5. The van der Waals surface area contributed by atoms with Gasteiger partial charge in [-0.15, -0.1) is 27.6 Å². The van der Waals surface area contributed by atoms with E-state index < -0.39 is 29.0 Å². The zero-order chi connectivity index (χ0) is 32.0. The van der Waals surface area contributed by atoms with Crippen LogP contribution in [0.15, 0.2) is 57.5 Å². The van der Waals surface area contributed by atoms with E-state index in [0.29, 0.717) is 23.6 Å². The highest BCUT2D eigenvalue weighted by molar-refractivity contribution is 8.00. The normalized spacial score (nSPS) is 18.2. The number of amides is 1. The third-order valence-corrected chi connectivity index (χ3v) is 10.6. The molecule has 6 N–H and O–H groups in total. The molecular formula is C26H25ClN10O5S3. The number of thiazole rings is 1. The lowest BCUT2D eigenvalue weighted by atomic mass is 9.89. The molecule has 0 bridgehead atoms. The van der Waals surface area contributed by atoms with Gasteiger partial charge in [-0.3, -0.25) is 14.5 Å². The second-order valence-corrected chi connectivity index (χ2v) is 13.8. The van der Waals surface area contributed by atoms with E-state index in [0.717, 1.165) is 21.9 Å². The van der Waals surface area contributed by atoms with Crippen LogP contribution in [0.5, 0.6) is 0 Å². The highest BCUT2D eigenvalue weighted by Gasteiger charge is 2.53. The minimum atomic E-state index is -1.46. The van der Waals surface area contributed by atoms with Gasteiger partial charge in [0.2, 0.25) is 5.91 Å². The molecule has 1 saturated heterocycles. The Morgan fingerprint density at radius 2 is 2.11 bits per heavy atom. The number of carboxylic acids is 1. The number of carboxylic acid groups (broad SMARTS) is 1. The molecule has 0 radical (unpaired) electrons. The van der Waals surface area contributed by atoms with Gasteiger partial charge in [0.15, 0.2) is 28.8 Å². The molecule has 0 aliphatic carbocycles. The average Bonchev–Trinajstić information content (AvgIpc) is 3.77. The number of hydrogen-bond acceptors (Lipinski definition) is 12. The molecule has 15 nitrogen and oxygen atoms in total. The number of nitrogens with zero attached hydrogens (tertiary/aromatic N) is 7. The molecule has 0 aromatic carbocycles. The first-order valence-corrected chi connectivity index (χ1v) is 16.4. The number of anilines is 1. The van der Waals surface area contributed by atoms with Crippen LogP contribution < -0.4 is 26.9 Å². The van der Waals surface area contributed by atoms with E-state index in [1.165, 1.54) is 35.1 Å². The van der Waals surface area contributed by atoms with E-state index >= 15 is 0 Å². The fourth-order valence-electron chi connectivity index (χ4n) is 5.33. The molecule has 4 aromatic rings. The maximum atomic E-state index is 13.3. The van der Waals surface area contributed by atoms with Gasteiger partial charge in [0.1, 0.15) is 29.9 Å². The lowest BCUT2D eigenvalue weighted by Gasteiger charge is -2.50. The molecule has 2 aliphatic heterocycles. The molecule has 4 aromatic heterocycles. The number of imidazole rings is 1. The zero-order valence-electron chi connectivity index (χ0n) is 23.5. The summed E-state index contributed by atoms with van der Waals surface area (Å²) in [6, 6.07) is 3.82.